The van der Waals surface area contributed by atoms with E-state index in [4.69, 9.17) is 10.5 Å². The van der Waals surface area contributed by atoms with Crippen LogP contribution in [0.25, 0.3) is 0 Å². The van der Waals surface area contributed by atoms with Crippen LogP contribution in [0.1, 0.15) is 12.5 Å². The Kier molecular flexibility index (Phi) is 3.05. The Morgan fingerprint density at radius 2 is 2.25 bits per heavy atom. The highest BCUT2D eigenvalue weighted by Crippen LogP contribution is 2.18. The van der Waals surface area contributed by atoms with Crippen LogP contribution >= 0.6 is 0 Å². The van der Waals surface area contributed by atoms with Crippen LogP contribution in [0, 0.1) is 5.82 Å². The maximum atomic E-state index is 12.9. The molecule has 0 radical (unpaired) electrons. The van der Waals surface area contributed by atoms with Crippen molar-refractivity contribution in [3.05, 3.63) is 29.6 Å². The van der Waals surface area contributed by atoms with Gasteiger partial charge < -0.3 is 10.5 Å². The van der Waals surface area contributed by atoms with Gasteiger partial charge in [0.15, 0.2) is 11.6 Å². The first kappa shape index (κ1) is 9.00. The maximum absolute atomic E-state index is 12.9. The van der Waals surface area contributed by atoms with Crippen molar-refractivity contribution in [1.29, 1.82) is 0 Å². The van der Waals surface area contributed by atoms with E-state index in [-0.39, 0.29) is 11.6 Å². The number of halogens is 1. The van der Waals surface area contributed by atoms with E-state index in [0.717, 1.165) is 5.56 Å². The van der Waals surface area contributed by atoms with Gasteiger partial charge in [-0.3, -0.25) is 0 Å². The van der Waals surface area contributed by atoms with Crippen LogP contribution in [0.4, 0.5) is 4.39 Å². The molecule has 1 rings (SSSR count). The molecular formula is C9H12FNO. The molecule has 0 saturated heterocycles. The Morgan fingerprint density at radius 1 is 1.50 bits per heavy atom. The molecule has 0 aliphatic heterocycles. The zero-order valence-corrected chi connectivity index (χ0v) is 7.01. The monoisotopic (exact) mass is 169 g/mol. The molecule has 0 spiro atoms. The summed E-state index contributed by atoms with van der Waals surface area (Å²) in [5.41, 5.74) is 6.26. The lowest BCUT2D eigenvalue weighted by molar-refractivity contribution is 0.321. The summed E-state index contributed by atoms with van der Waals surface area (Å²) in [5, 5.41) is 0. The van der Waals surface area contributed by atoms with E-state index in [0.29, 0.717) is 13.2 Å². The summed E-state index contributed by atoms with van der Waals surface area (Å²) in [6.07, 6.45) is 0. The molecule has 2 N–H and O–H groups in total. The Balaban J connectivity index is 2.91. The lowest BCUT2D eigenvalue weighted by Crippen LogP contribution is -1.99. The van der Waals surface area contributed by atoms with Gasteiger partial charge in [0.2, 0.25) is 0 Å². The number of ether oxygens (including phenoxy) is 1. The summed E-state index contributed by atoms with van der Waals surface area (Å²) >= 11 is 0. The van der Waals surface area contributed by atoms with Crippen LogP contribution in [0.15, 0.2) is 18.2 Å². The number of benzene rings is 1. The quantitative estimate of drug-likeness (QED) is 0.747. The normalized spacial score (nSPS) is 9.92. The van der Waals surface area contributed by atoms with Crippen molar-refractivity contribution in [1.82, 2.24) is 0 Å². The van der Waals surface area contributed by atoms with E-state index in [1.807, 2.05) is 6.92 Å². The van der Waals surface area contributed by atoms with Gasteiger partial charge in [-0.1, -0.05) is 6.07 Å². The molecule has 0 fully saturated rings. The van der Waals surface area contributed by atoms with Crippen molar-refractivity contribution < 1.29 is 9.13 Å². The molecule has 1 aromatic carbocycles. The van der Waals surface area contributed by atoms with Crippen molar-refractivity contribution in [2.75, 3.05) is 6.61 Å². The second-order valence-electron chi connectivity index (χ2n) is 2.40. The zero-order chi connectivity index (χ0) is 8.97. The molecule has 2 nitrogen and oxygen atoms in total. The van der Waals surface area contributed by atoms with E-state index in [9.17, 15) is 4.39 Å². The van der Waals surface area contributed by atoms with Gasteiger partial charge in [0.1, 0.15) is 0 Å². The minimum Gasteiger partial charge on any atom is -0.491 e. The number of rotatable bonds is 3. The lowest BCUT2D eigenvalue weighted by Gasteiger charge is -2.05. The summed E-state index contributed by atoms with van der Waals surface area (Å²) < 4.78 is 18.0. The number of hydrogen-bond acceptors (Lipinski definition) is 2. The smallest absolute Gasteiger partial charge is 0.165 e. The first-order valence-corrected chi connectivity index (χ1v) is 3.89. The first-order chi connectivity index (χ1) is 5.77. The third-order valence-electron chi connectivity index (χ3n) is 1.53. The Morgan fingerprint density at radius 3 is 2.83 bits per heavy atom. The highest BCUT2D eigenvalue weighted by Gasteiger charge is 2.02. The second kappa shape index (κ2) is 4.07. The molecule has 0 bridgehead atoms. The van der Waals surface area contributed by atoms with E-state index >= 15 is 0 Å². The number of nitrogens with two attached hydrogens (primary N) is 1. The third kappa shape index (κ3) is 1.95. The summed E-state index contributed by atoms with van der Waals surface area (Å²) in [4.78, 5) is 0. The molecule has 0 aromatic heterocycles. The molecule has 0 heterocycles. The minimum atomic E-state index is -0.339. The van der Waals surface area contributed by atoms with Crippen LogP contribution in [0.2, 0.25) is 0 Å². The fourth-order valence-electron chi connectivity index (χ4n) is 0.941. The van der Waals surface area contributed by atoms with Crippen LogP contribution in [-0.4, -0.2) is 6.61 Å². The SMILES string of the molecule is CCOc1cc(CN)ccc1F. The van der Waals surface area contributed by atoms with Gasteiger partial charge in [0.25, 0.3) is 0 Å². The lowest BCUT2D eigenvalue weighted by atomic mass is 10.2. The second-order valence-corrected chi connectivity index (χ2v) is 2.40. The van der Waals surface area contributed by atoms with E-state index in [1.165, 1.54) is 6.07 Å². The molecule has 0 unspecified atom stereocenters. The summed E-state index contributed by atoms with van der Waals surface area (Å²) in [6, 6.07) is 4.64. The predicted octanol–water partition coefficient (Wildman–Crippen LogP) is 1.68. The van der Waals surface area contributed by atoms with Crippen molar-refractivity contribution in [3.63, 3.8) is 0 Å². The minimum absolute atomic E-state index is 0.278. The molecule has 12 heavy (non-hydrogen) atoms. The van der Waals surface area contributed by atoms with E-state index < -0.39 is 0 Å². The molecule has 0 amide bonds. The van der Waals surface area contributed by atoms with Gasteiger partial charge in [-0.2, -0.15) is 0 Å². The highest BCUT2D eigenvalue weighted by atomic mass is 19.1. The predicted molar refractivity (Wildman–Crippen MR) is 45.5 cm³/mol. The fourth-order valence-corrected chi connectivity index (χ4v) is 0.941. The van der Waals surface area contributed by atoms with Gasteiger partial charge in [-0.25, -0.2) is 4.39 Å². The van der Waals surface area contributed by atoms with Gasteiger partial charge in [0, 0.05) is 6.54 Å². The van der Waals surface area contributed by atoms with Gasteiger partial charge in [-0.15, -0.1) is 0 Å². The summed E-state index contributed by atoms with van der Waals surface area (Å²) in [5.74, 6) is -0.0606. The molecule has 66 valence electrons. The average Bonchev–Trinajstić information content (AvgIpc) is 2.09. The molecule has 1 aromatic rings. The maximum Gasteiger partial charge on any atom is 0.165 e. The standard InChI is InChI=1S/C9H12FNO/c1-2-12-9-5-7(6-11)3-4-8(9)10/h3-5H,2,6,11H2,1H3. The molecule has 0 atom stereocenters. The van der Waals surface area contributed by atoms with Crippen LogP contribution < -0.4 is 10.5 Å². The van der Waals surface area contributed by atoms with Gasteiger partial charge in [0.05, 0.1) is 6.61 Å². The van der Waals surface area contributed by atoms with Crippen LogP contribution in [-0.2, 0) is 6.54 Å². The Labute approximate surface area is 71.1 Å². The largest absolute Gasteiger partial charge is 0.491 e. The van der Waals surface area contributed by atoms with Crippen LogP contribution in [0.3, 0.4) is 0 Å². The average molecular weight is 169 g/mol. The van der Waals surface area contributed by atoms with E-state index in [1.54, 1.807) is 12.1 Å². The fraction of sp³-hybridized carbons (Fsp3) is 0.333. The molecule has 0 aliphatic carbocycles. The zero-order valence-electron chi connectivity index (χ0n) is 7.01. The highest BCUT2D eigenvalue weighted by molar-refractivity contribution is 5.30. The summed E-state index contributed by atoms with van der Waals surface area (Å²) in [6.45, 7) is 2.68. The third-order valence-corrected chi connectivity index (χ3v) is 1.53. The topological polar surface area (TPSA) is 35.2 Å². The molecular weight excluding hydrogens is 157 g/mol. The molecule has 0 aliphatic rings. The van der Waals surface area contributed by atoms with Crippen molar-refractivity contribution >= 4 is 0 Å². The van der Waals surface area contributed by atoms with Gasteiger partial charge >= 0.3 is 0 Å². The molecule has 0 saturated carbocycles. The number of hydrogen-bond donors (Lipinski definition) is 1. The van der Waals surface area contributed by atoms with Crippen molar-refractivity contribution in [3.8, 4) is 5.75 Å². The molecule has 3 heteroatoms. The van der Waals surface area contributed by atoms with Crippen molar-refractivity contribution in [2.45, 2.75) is 13.5 Å². The summed E-state index contributed by atoms with van der Waals surface area (Å²) in [7, 11) is 0. The first-order valence-electron chi connectivity index (χ1n) is 3.89. The van der Waals surface area contributed by atoms with Crippen LogP contribution in [0.5, 0.6) is 5.75 Å². The van der Waals surface area contributed by atoms with E-state index in [2.05, 4.69) is 0 Å². The van der Waals surface area contributed by atoms with Gasteiger partial charge in [-0.05, 0) is 24.6 Å². The Bertz CT molecular complexity index is 263. The van der Waals surface area contributed by atoms with Crippen molar-refractivity contribution in [2.24, 2.45) is 5.73 Å². The Hall–Kier alpha value is -1.09.